The number of nitriles is 1. The van der Waals surface area contributed by atoms with Crippen molar-refractivity contribution in [1.82, 2.24) is 0 Å². The van der Waals surface area contributed by atoms with E-state index in [2.05, 4.69) is 4.74 Å². The third kappa shape index (κ3) is 2.57. The lowest BCUT2D eigenvalue weighted by molar-refractivity contribution is -0.142. The zero-order valence-electron chi connectivity index (χ0n) is 11.9. The highest BCUT2D eigenvalue weighted by atomic mass is 16.5. The monoisotopic (exact) mass is 285 g/mol. The van der Waals surface area contributed by atoms with E-state index in [4.69, 9.17) is 0 Å². The fourth-order valence-electron chi connectivity index (χ4n) is 2.58. The van der Waals surface area contributed by atoms with Crippen LogP contribution in [0.25, 0.3) is 0 Å². The molecule has 1 unspecified atom stereocenters. The molecule has 1 aromatic rings. The van der Waals surface area contributed by atoms with Gasteiger partial charge >= 0.3 is 5.97 Å². The maximum absolute atomic E-state index is 12.7. The normalized spacial score (nSPS) is 20.3. The highest BCUT2D eigenvalue weighted by molar-refractivity contribution is 6.07. The molecule has 0 saturated heterocycles. The van der Waals surface area contributed by atoms with Gasteiger partial charge in [-0.2, -0.15) is 5.26 Å². The molecule has 1 aromatic carbocycles. The van der Waals surface area contributed by atoms with Crippen molar-refractivity contribution in [2.75, 3.05) is 7.11 Å². The summed E-state index contributed by atoms with van der Waals surface area (Å²) in [6, 6.07) is 6.92. The van der Waals surface area contributed by atoms with Crippen molar-refractivity contribution < 1.29 is 19.1 Å². The molecule has 5 nitrogen and oxygen atoms in total. The van der Waals surface area contributed by atoms with E-state index >= 15 is 0 Å². The van der Waals surface area contributed by atoms with Crippen LogP contribution in [-0.4, -0.2) is 24.6 Å². The molecular formula is C16H15NO4. The summed E-state index contributed by atoms with van der Waals surface area (Å²) in [7, 11) is 1.22. The average Bonchev–Trinajstić information content (AvgIpc) is 2.49. The number of ether oxygens (including phenoxy) is 1. The zero-order chi connectivity index (χ0) is 15.6. The lowest BCUT2D eigenvalue weighted by atomic mass is 9.69. The third-order valence-electron chi connectivity index (χ3n) is 3.90. The molecule has 1 atom stereocenters. The van der Waals surface area contributed by atoms with Gasteiger partial charge in [-0.15, -0.1) is 0 Å². The second kappa shape index (κ2) is 5.49. The Morgan fingerprint density at radius 3 is 2.71 bits per heavy atom. The van der Waals surface area contributed by atoms with E-state index in [1.165, 1.54) is 20.1 Å². The average molecular weight is 285 g/mol. The Balaban J connectivity index is 2.47. The first-order chi connectivity index (χ1) is 9.93. The predicted molar refractivity (Wildman–Crippen MR) is 73.8 cm³/mol. The first-order valence-corrected chi connectivity index (χ1v) is 6.60. The Bertz CT molecular complexity index is 671. The highest BCUT2D eigenvalue weighted by Gasteiger charge is 2.45. The topological polar surface area (TPSA) is 84.2 Å². The number of Topliss-reactive ketones (excluding diaryl/α,β-unsaturated/α-hetero) is 2. The predicted octanol–water partition coefficient (Wildman–Crippen LogP) is 2.09. The molecule has 0 spiro atoms. The number of carbonyl (C=O) groups is 3. The molecule has 5 heteroatoms. The van der Waals surface area contributed by atoms with Gasteiger partial charge in [-0.25, -0.2) is 0 Å². The quantitative estimate of drug-likeness (QED) is 0.627. The number of benzene rings is 1. The van der Waals surface area contributed by atoms with Gasteiger partial charge in [0.2, 0.25) is 0 Å². The number of carbonyl (C=O) groups excluding carboxylic acids is 3. The van der Waals surface area contributed by atoms with E-state index in [9.17, 15) is 19.6 Å². The largest absolute Gasteiger partial charge is 0.469 e. The molecule has 1 aliphatic rings. The Labute approximate surface area is 122 Å². The van der Waals surface area contributed by atoms with Gasteiger partial charge < -0.3 is 4.74 Å². The second-order valence-electron chi connectivity index (χ2n) is 5.20. The van der Waals surface area contributed by atoms with Crippen molar-refractivity contribution in [3.63, 3.8) is 0 Å². The van der Waals surface area contributed by atoms with Crippen molar-refractivity contribution in [2.45, 2.75) is 26.2 Å². The zero-order valence-corrected chi connectivity index (χ0v) is 11.9. The molecule has 0 heterocycles. The number of rotatable bonds is 3. The van der Waals surface area contributed by atoms with E-state index in [1.54, 1.807) is 12.1 Å². The van der Waals surface area contributed by atoms with Gasteiger partial charge in [0.1, 0.15) is 5.41 Å². The Morgan fingerprint density at radius 1 is 1.43 bits per heavy atom. The van der Waals surface area contributed by atoms with E-state index in [1.807, 2.05) is 6.07 Å². The summed E-state index contributed by atoms with van der Waals surface area (Å²) in [6.07, 6.45) is 0.538. The molecule has 0 aromatic heterocycles. The Kier molecular flexibility index (Phi) is 3.90. The van der Waals surface area contributed by atoms with Gasteiger partial charge in [0.05, 0.1) is 19.6 Å². The molecule has 21 heavy (non-hydrogen) atoms. The standard InChI is InChI=1S/C16H15NO4/c1-10(18)12-4-3-11-5-6-16(9-17,8-14(19)21-2)15(20)13(11)7-12/h3-4,7H,5-6,8H2,1-2H3. The van der Waals surface area contributed by atoms with Gasteiger partial charge in [-0.1, -0.05) is 12.1 Å². The van der Waals surface area contributed by atoms with Crippen LogP contribution in [0.2, 0.25) is 0 Å². The van der Waals surface area contributed by atoms with E-state index in [0.29, 0.717) is 17.5 Å². The van der Waals surface area contributed by atoms with Crippen molar-refractivity contribution in [3.05, 3.63) is 34.9 Å². The number of hydrogen-bond acceptors (Lipinski definition) is 5. The minimum atomic E-state index is -1.39. The van der Waals surface area contributed by atoms with Crippen molar-refractivity contribution in [1.29, 1.82) is 5.26 Å². The van der Waals surface area contributed by atoms with Crippen LogP contribution >= 0.6 is 0 Å². The van der Waals surface area contributed by atoms with E-state index < -0.39 is 17.2 Å². The van der Waals surface area contributed by atoms with Crippen LogP contribution in [0.5, 0.6) is 0 Å². The molecule has 108 valence electrons. The molecular weight excluding hydrogens is 270 g/mol. The highest BCUT2D eigenvalue weighted by Crippen LogP contribution is 2.38. The SMILES string of the molecule is COC(=O)CC1(C#N)CCc2ccc(C(C)=O)cc2C1=O. The van der Waals surface area contributed by atoms with Crippen LogP contribution in [0.15, 0.2) is 18.2 Å². The van der Waals surface area contributed by atoms with Crippen LogP contribution < -0.4 is 0 Å². The van der Waals surface area contributed by atoms with Crippen molar-refractivity contribution in [3.8, 4) is 6.07 Å². The molecule has 0 N–H and O–H groups in total. The number of methoxy groups -OCH3 is 1. The smallest absolute Gasteiger partial charge is 0.307 e. The molecule has 0 amide bonds. The number of nitrogens with zero attached hydrogens (tertiary/aromatic N) is 1. The summed E-state index contributed by atoms with van der Waals surface area (Å²) < 4.78 is 4.58. The molecule has 2 rings (SSSR count). The number of esters is 1. The van der Waals surface area contributed by atoms with Crippen molar-refractivity contribution >= 4 is 17.5 Å². The number of hydrogen-bond donors (Lipinski definition) is 0. The summed E-state index contributed by atoms with van der Waals surface area (Å²) in [5.74, 6) is -1.14. The summed E-state index contributed by atoms with van der Waals surface area (Å²) >= 11 is 0. The van der Waals surface area contributed by atoms with Crippen LogP contribution in [-0.2, 0) is 16.0 Å². The lowest BCUT2D eigenvalue weighted by Crippen LogP contribution is -2.37. The second-order valence-corrected chi connectivity index (χ2v) is 5.20. The maximum Gasteiger partial charge on any atom is 0.307 e. The molecule has 1 aliphatic carbocycles. The number of fused-ring (bicyclic) bond motifs is 1. The molecule has 0 bridgehead atoms. The summed E-state index contributed by atoms with van der Waals surface area (Å²) in [4.78, 5) is 35.6. The first kappa shape index (κ1) is 14.9. The number of aryl methyl sites for hydroxylation is 1. The minimum Gasteiger partial charge on any atom is -0.469 e. The van der Waals surface area contributed by atoms with Crippen LogP contribution in [0.3, 0.4) is 0 Å². The number of ketones is 2. The minimum absolute atomic E-state index is 0.147. The van der Waals surface area contributed by atoms with Crippen molar-refractivity contribution in [2.24, 2.45) is 5.41 Å². The fraction of sp³-hybridized carbons (Fsp3) is 0.375. The van der Waals surface area contributed by atoms with Crippen LogP contribution in [0.1, 0.15) is 46.0 Å². The maximum atomic E-state index is 12.7. The molecule has 0 saturated carbocycles. The third-order valence-corrected chi connectivity index (χ3v) is 3.90. The molecule has 0 radical (unpaired) electrons. The van der Waals surface area contributed by atoms with Crippen LogP contribution in [0.4, 0.5) is 0 Å². The summed E-state index contributed by atoms with van der Waals surface area (Å²) in [5.41, 5.74) is 0.198. The Morgan fingerprint density at radius 2 is 2.14 bits per heavy atom. The molecule has 0 fully saturated rings. The van der Waals surface area contributed by atoms with Gasteiger partial charge in [0.25, 0.3) is 0 Å². The summed E-state index contributed by atoms with van der Waals surface area (Å²) in [5, 5.41) is 9.41. The van der Waals surface area contributed by atoms with E-state index in [0.717, 1.165) is 5.56 Å². The van der Waals surface area contributed by atoms with Gasteiger partial charge in [-0.05, 0) is 31.4 Å². The van der Waals surface area contributed by atoms with Gasteiger partial charge in [0.15, 0.2) is 11.6 Å². The van der Waals surface area contributed by atoms with Gasteiger partial charge in [-0.3, -0.25) is 14.4 Å². The van der Waals surface area contributed by atoms with Gasteiger partial charge in [0, 0.05) is 11.1 Å². The first-order valence-electron chi connectivity index (χ1n) is 6.60. The fourth-order valence-corrected chi connectivity index (χ4v) is 2.58. The lowest BCUT2D eigenvalue weighted by Gasteiger charge is -2.29. The van der Waals surface area contributed by atoms with Crippen LogP contribution in [0, 0.1) is 16.7 Å². The Hall–Kier alpha value is -2.48. The summed E-state index contributed by atoms with van der Waals surface area (Å²) in [6.45, 7) is 1.42. The van der Waals surface area contributed by atoms with E-state index in [-0.39, 0.29) is 18.6 Å². The molecule has 0 aliphatic heterocycles.